The highest BCUT2D eigenvalue weighted by Gasteiger charge is 2.12. The molecule has 0 bridgehead atoms. The van der Waals surface area contributed by atoms with Crippen LogP contribution in [-0.2, 0) is 0 Å². The molecule has 2 aromatic carbocycles. The van der Waals surface area contributed by atoms with Crippen molar-refractivity contribution in [1.29, 1.82) is 0 Å². The number of nitrogens with zero attached hydrogens (tertiary/aromatic N) is 2. The molecule has 13 heteroatoms. The zero-order valence-corrected chi connectivity index (χ0v) is 27.1. The Hall–Kier alpha value is -4.91. The molecule has 0 aliphatic carbocycles. The summed E-state index contributed by atoms with van der Waals surface area (Å²) in [5.74, 6) is -0.0641. The predicted octanol–water partition coefficient (Wildman–Crippen LogP) is 7.79. The van der Waals surface area contributed by atoms with Crippen molar-refractivity contribution in [2.45, 2.75) is 40.9 Å². The summed E-state index contributed by atoms with van der Waals surface area (Å²) in [6.07, 6.45) is 8.89. The molecule has 4 rings (SSSR count). The zero-order valence-electron chi connectivity index (χ0n) is 26.2. The SMILES string of the molecule is CSCOc1cc(/C=C/n2c(C)cc(=O)cc2C)ccc1OC(F)F.Cc1cc(=O)cc(C)n1/C=C/c1ccc(OC(F)F)c(O)c1. The molecule has 0 aliphatic rings. The summed E-state index contributed by atoms with van der Waals surface area (Å²) in [6.45, 7) is 1.38. The molecule has 0 amide bonds. The second-order valence-electron chi connectivity index (χ2n) is 10.1. The molecule has 0 aliphatic heterocycles. The Labute approximate surface area is 273 Å². The monoisotopic (exact) mass is 674 g/mol. The Bertz CT molecular complexity index is 1800. The number of hydrogen-bond acceptors (Lipinski definition) is 7. The minimum absolute atomic E-state index is 0.00285. The van der Waals surface area contributed by atoms with Gasteiger partial charge >= 0.3 is 13.2 Å². The lowest BCUT2D eigenvalue weighted by Gasteiger charge is -2.12. The fraction of sp³-hybridized carbons (Fsp3) is 0.235. The van der Waals surface area contributed by atoms with Crippen LogP contribution in [0.4, 0.5) is 17.6 Å². The van der Waals surface area contributed by atoms with Crippen molar-refractivity contribution in [1.82, 2.24) is 9.13 Å². The maximum absolute atomic E-state index is 12.5. The maximum atomic E-state index is 12.5. The number of aromatic nitrogens is 2. The van der Waals surface area contributed by atoms with Crippen LogP contribution < -0.4 is 25.1 Å². The molecule has 1 N–H and O–H groups in total. The molecule has 0 saturated carbocycles. The number of alkyl halides is 4. The summed E-state index contributed by atoms with van der Waals surface area (Å²) in [6, 6.07) is 15.0. The number of hydrogen-bond donors (Lipinski definition) is 1. The molecule has 0 unspecified atom stereocenters. The molecule has 0 spiro atoms. The molecular weight excluding hydrogens is 640 g/mol. The van der Waals surface area contributed by atoms with Crippen LogP contribution in [0.2, 0.25) is 0 Å². The minimum Gasteiger partial charge on any atom is -0.504 e. The van der Waals surface area contributed by atoms with Gasteiger partial charge in [0.15, 0.2) is 33.9 Å². The van der Waals surface area contributed by atoms with E-state index in [-0.39, 0.29) is 33.9 Å². The number of ether oxygens (including phenoxy) is 3. The summed E-state index contributed by atoms with van der Waals surface area (Å²) in [5.41, 5.74) is 4.40. The van der Waals surface area contributed by atoms with E-state index in [9.17, 15) is 32.3 Å². The Morgan fingerprint density at radius 3 is 1.53 bits per heavy atom. The van der Waals surface area contributed by atoms with E-state index in [1.807, 2.05) is 41.5 Å². The number of aromatic hydroxyl groups is 1. The minimum atomic E-state index is -2.99. The quantitative estimate of drug-likeness (QED) is 0.128. The first-order valence-electron chi connectivity index (χ1n) is 14.0. The van der Waals surface area contributed by atoms with Crippen LogP contribution in [0.15, 0.2) is 70.3 Å². The van der Waals surface area contributed by atoms with Crippen molar-refractivity contribution in [3.05, 3.63) is 115 Å². The molecule has 0 fully saturated rings. The maximum Gasteiger partial charge on any atom is 0.387 e. The van der Waals surface area contributed by atoms with Gasteiger partial charge in [0, 0.05) is 59.4 Å². The van der Waals surface area contributed by atoms with Gasteiger partial charge in [-0.3, -0.25) is 9.59 Å². The smallest absolute Gasteiger partial charge is 0.387 e. The Kier molecular flexibility index (Phi) is 13.3. The second kappa shape index (κ2) is 17.1. The van der Waals surface area contributed by atoms with Gasteiger partial charge in [-0.05, 0) is 81.5 Å². The van der Waals surface area contributed by atoms with Crippen molar-refractivity contribution in [3.8, 4) is 23.0 Å². The number of thioether (sulfide) groups is 1. The van der Waals surface area contributed by atoms with Gasteiger partial charge in [-0.1, -0.05) is 12.1 Å². The number of phenolic OH excluding ortho intramolecular Hbond substituents is 1. The van der Waals surface area contributed by atoms with E-state index < -0.39 is 13.2 Å². The van der Waals surface area contributed by atoms with E-state index in [4.69, 9.17) is 4.74 Å². The number of rotatable bonds is 11. The third-order valence-electron chi connectivity index (χ3n) is 6.47. The molecule has 250 valence electrons. The Balaban J connectivity index is 0.000000257. The van der Waals surface area contributed by atoms with E-state index in [2.05, 4.69) is 9.47 Å². The molecule has 4 aromatic rings. The summed E-state index contributed by atoms with van der Waals surface area (Å²) in [7, 11) is 0. The standard InChI is InChI=1S/C18H19F2NO3S.C16H15F2NO3/c1-12-8-15(22)9-13(2)21(12)7-6-14-4-5-16(24-18(19)20)17(10-14)23-11-25-3;1-10-7-13(20)8-11(2)19(10)6-5-12-3-4-15(14(21)9-12)22-16(17)18/h4-10,18H,11H2,1-3H3;3-9,16,21H,1-2H3/b7-6+;6-5+. The third-order valence-corrected chi connectivity index (χ3v) is 6.83. The Morgan fingerprint density at radius 2 is 1.11 bits per heavy atom. The van der Waals surface area contributed by atoms with E-state index in [1.54, 1.807) is 56.5 Å². The molecule has 0 radical (unpaired) electrons. The molecule has 0 saturated heterocycles. The highest BCUT2D eigenvalue weighted by molar-refractivity contribution is 7.98. The fourth-order valence-electron chi connectivity index (χ4n) is 4.42. The first-order chi connectivity index (χ1) is 22.3. The van der Waals surface area contributed by atoms with Gasteiger partial charge in [0.1, 0.15) is 5.94 Å². The van der Waals surface area contributed by atoms with Crippen molar-refractivity contribution < 1.29 is 36.9 Å². The normalized spacial score (nSPS) is 11.3. The number of halogens is 4. The lowest BCUT2D eigenvalue weighted by molar-refractivity contribution is -0.0518. The van der Waals surface area contributed by atoms with Gasteiger partial charge in [0.25, 0.3) is 0 Å². The zero-order chi connectivity index (χ0) is 34.7. The molecule has 2 heterocycles. The van der Waals surface area contributed by atoms with Gasteiger partial charge in [-0.15, -0.1) is 11.8 Å². The summed E-state index contributed by atoms with van der Waals surface area (Å²) < 4.78 is 67.0. The molecule has 47 heavy (non-hydrogen) atoms. The average Bonchev–Trinajstić information content (AvgIpc) is 2.97. The van der Waals surface area contributed by atoms with Gasteiger partial charge in [-0.25, -0.2) is 0 Å². The van der Waals surface area contributed by atoms with Gasteiger partial charge in [0.2, 0.25) is 0 Å². The van der Waals surface area contributed by atoms with Gasteiger partial charge < -0.3 is 28.5 Å². The predicted molar refractivity (Wildman–Crippen MR) is 178 cm³/mol. The fourth-order valence-corrected chi connectivity index (χ4v) is 4.67. The van der Waals surface area contributed by atoms with Crippen molar-refractivity contribution in [3.63, 3.8) is 0 Å². The first kappa shape index (κ1) is 36.6. The summed E-state index contributed by atoms with van der Waals surface area (Å²) >= 11 is 1.43. The summed E-state index contributed by atoms with van der Waals surface area (Å²) in [4.78, 5) is 22.8. The van der Waals surface area contributed by atoms with Crippen molar-refractivity contribution in [2.24, 2.45) is 0 Å². The van der Waals surface area contributed by atoms with Gasteiger partial charge in [-0.2, -0.15) is 17.6 Å². The number of aryl methyl sites for hydroxylation is 4. The number of phenols is 1. The molecular formula is C34H34F4N2O6S. The largest absolute Gasteiger partial charge is 0.504 e. The van der Waals surface area contributed by atoms with Crippen molar-refractivity contribution in [2.75, 3.05) is 12.2 Å². The summed E-state index contributed by atoms with van der Waals surface area (Å²) in [5, 5.41) is 9.64. The third kappa shape index (κ3) is 11.1. The van der Waals surface area contributed by atoms with E-state index in [0.29, 0.717) is 11.5 Å². The molecule has 0 atom stereocenters. The van der Waals surface area contributed by atoms with Crippen LogP contribution in [0.1, 0.15) is 33.9 Å². The van der Waals surface area contributed by atoms with Gasteiger partial charge in [0.05, 0.1) is 0 Å². The first-order valence-corrected chi connectivity index (χ1v) is 15.4. The van der Waals surface area contributed by atoms with Crippen LogP contribution in [0, 0.1) is 27.7 Å². The van der Waals surface area contributed by atoms with E-state index in [1.165, 1.54) is 42.1 Å². The van der Waals surface area contributed by atoms with Crippen LogP contribution in [0.25, 0.3) is 24.6 Å². The highest BCUT2D eigenvalue weighted by Crippen LogP contribution is 2.31. The number of pyridine rings is 2. The molecule has 2 aromatic heterocycles. The molecule has 8 nitrogen and oxygen atoms in total. The van der Waals surface area contributed by atoms with Crippen LogP contribution >= 0.6 is 11.8 Å². The van der Waals surface area contributed by atoms with E-state index >= 15 is 0 Å². The number of benzene rings is 2. The Morgan fingerprint density at radius 1 is 0.681 bits per heavy atom. The van der Waals surface area contributed by atoms with Crippen LogP contribution in [0.5, 0.6) is 23.0 Å². The highest BCUT2D eigenvalue weighted by atomic mass is 32.2. The van der Waals surface area contributed by atoms with Crippen LogP contribution in [0.3, 0.4) is 0 Å². The average molecular weight is 675 g/mol. The van der Waals surface area contributed by atoms with Crippen LogP contribution in [-0.4, -0.2) is 39.7 Å². The lowest BCUT2D eigenvalue weighted by atomic mass is 10.2. The van der Waals surface area contributed by atoms with E-state index in [0.717, 1.165) is 28.3 Å². The lowest BCUT2D eigenvalue weighted by Crippen LogP contribution is -2.08. The van der Waals surface area contributed by atoms with Crippen molar-refractivity contribution >= 4 is 36.3 Å². The second-order valence-corrected chi connectivity index (χ2v) is 10.9. The topological polar surface area (TPSA) is 91.9 Å².